The molecule has 0 bridgehead atoms. The van der Waals surface area contributed by atoms with E-state index < -0.39 is 6.10 Å². The lowest BCUT2D eigenvalue weighted by atomic mass is 10.2. The Bertz CT molecular complexity index is 245. The zero-order valence-corrected chi connectivity index (χ0v) is 7.45. The fraction of sp³-hybridized carbons (Fsp3) is 0.125. The third kappa shape index (κ3) is 2.13. The van der Waals surface area contributed by atoms with Gasteiger partial charge in [-0.3, -0.25) is 4.98 Å². The van der Waals surface area contributed by atoms with Gasteiger partial charge in [-0.15, -0.1) is 6.58 Å². The lowest BCUT2D eigenvalue weighted by molar-refractivity contribution is 0.224. The summed E-state index contributed by atoms with van der Waals surface area (Å²) in [6.07, 6.45) is 2.42. The van der Waals surface area contributed by atoms with Gasteiger partial charge in [0.2, 0.25) is 0 Å². The van der Waals surface area contributed by atoms with E-state index in [1.165, 1.54) is 6.08 Å². The molecular weight excluding hydrogens is 206 g/mol. The SMILES string of the molecule is C=CC(O)c1ccc(Br)cn1. The summed E-state index contributed by atoms with van der Waals surface area (Å²) in [4.78, 5) is 3.98. The summed E-state index contributed by atoms with van der Waals surface area (Å²) in [5.74, 6) is 0. The standard InChI is InChI=1S/C8H8BrNO/c1-2-8(11)7-4-3-6(9)5-10-7/h2-5,8,11H,1H2. The van der Waals surface area contributed by atoms with Crippen molar-refractivity contribution in [1.29, 1.82) is 0 Å². The number of halogens is 1. The smallest absolute Gasteiger partial charge is 0.114 e. The molecule has 58 valence electrons. The maximum absolute atomic E-state index is 9.22. The Balaban J connectivity index is 2.89. The second-order valence-electron chi connectivity index (χ2n) is 2.08. The molecule has 0 spiro atoms. The fourth-order valence-corrected chi connectivity index (χ4v) is 0.918. The Kier molecular flexibility index (Phi) is 2.79. The molecule has 1 N–H and O–H groups in total. The van der Waals surface area contributed by atoms with E-state index in [2.05, 4.69) is 27.5 Å². The third-order valence-corrected chi connectivity index (χ3v) is 1.75. The van der Waals surface area contributed by atoms with Gasteiger partial charge in [0.15, 0.2) is 0 Å². The molecule has 0 aliphatic rings. The van der Waals surface area contributed by atoms with E-state index in [0.29, 0.717) is 5.69 Å². The number of aromatic nitrogens is 1. The summed E-state index contributed by atoms with van der Waals surface area (Å²) in [6.45, 7) is 3.46. The monoisotopic (exact) mass is 213 g/mol. The molecule has 0 aromatic carbocycles. The van der Waals surface area contributed by atoms with E-state index in [1.54, 1.807) is 12.3 Å². The number of nitrogens with zero attached hydrogens (tertiary/aromatic N) is 1. The molecule has 1 heterocycles. The Morgan fingerprint density at radius 3 is 2.82 bits per heavy atom. The number of hydrogen-bond donors (Lipinski definition) is 1. The summed E-state index contributed by atoms with van der Waals surface area (Å²) < 4.78 is 0.900. The lowest BCUT2D eigenvalue weighted by Gasteiger charge is -2.02. The van der Waals surface area contributed by atoms with Gasteiger partial charge in [-0.2, -0.15) is 0 Å². The van der Waals surface area contributed by atoms with Crippen LogP contribution in [0.25, 0.3) is 0 Å². The molecular formula is C8H8BrNO. The van der Waals surface area contributed by atoms with E-state index >= 15 is 0 Å². The van der Waals surface area contributed by atoms with Crippen molar-refractivity contribution in [3.05, 3.63) is 41.2 Å². The van der Waals surface area contributed by atoms with E-state index in [0.717, 1.165) is 4.47 Å². The summed E-state index contributed by atoms with van der Waals surface area (Å²) in [5.41, 5.74) is 0.614. The highest BCUT2D eigenvalue weighted by Gasteiger charge is 2.01. The van der Waals surface area contributed by atoms with Gasteiger partial charge in [0, 0.05) is 10.7 Å². The van der Waals surface area contributed by atoms with Crippen LogP contribution in [0.5, 0.6) is 0 Å². The number of pyridine rings is 1. The van der Waals surface area contributed by atoms with Crippen molar-refractivity contribution >= 4 is 15.9 Å². The molecule has 1 atom stereocenters. The molecule has 2 nitrogen and oxygen atoms in total. The van der Waals surface area contributed by atoms with E-state index in [9.17, 15) is 5.11 Å². The van der Waals surface area contributed by atoms with Crippen molar-refractivity contribution in [2.45, 2.75) is 6.10 Å². The minimum atomic E-state index is -0.664. The van der Waals surface area contributed by atoms with Crippen LogP contribution in [0.3, 0.4) is 0 Å². The molecule has 0 saturated heterocycles. The van der Waals surface area contributed by atoms with Gasteiger partial charge in [-0.05, 0) is 28.1 Å². The largest absolute Gasteiger partial charge is 0.383 e. The van der Waals surface area contributed by atoms with Crippen LogP contribution in [0.15, 0.2) is 35.5 Å². The average Bonchev–Trinajstić information content (AvgIpc) is 2.05. The highest BCUT2D eigenvalue weighted by molar-refractivity contribution is 9.10. The first kappa shape index (κ1) is 8.43. The molecule has 3 heteroatoms. The summed E-state index contributed by atoms with van der Waals surface area (Å²) in [5, 5.41) is 9.22. The zero-order valence-electron chi connectivity index (χ0n) is 5.87. The van der Waals surface area contributed by atoms with E-state index in [-0.39, 0.29) is 0 Å². The highest BCUT2D eigenvalue weighted by Crippen LogP contribution is 2.13. The van der Waals surface area contributed by atoms with Crippen molar-refractivity contribution < 1.29 is 5.11 Å². The van der Waals surface area contributed by atoms with Crippen LogP contribution in [-0.2, 0) is 0 Å². The molecule has 11 heavy (non-hydrogen) atoms. The van der Waals surface area contributed by atoms with Crippen LogP contribution in [0.4, 0.5) is 0 Å². The van der Waals surface area contributed by atoms with Crippen molar-refractivity contribution in [2.24, 2.45) is 0 Å². The van der Waals surface area contributed by atoms with Gasteiger partial charge in [0.1, 0.15) is 6.10 Å². The molecule has 0 aliphatic carbocycles. The first-order chi connectivity index (χ1) is 5.24. The number of aliphatic hydroxyl groups is 1. The zero-order chi connectivity index (χ0) is 8.27. The Labute approximate surface area is 73.7 Å². The molecule has 0 fully saturated rings. The lowest BCUT2D eigenvalue weighted by Crippen LogP contribution is -1.94. The van der Waals surface area contributed by atoms with Crippen LogP contribution in [-0.4, -0.2) is 10.1 Å². The average molecular weight is 214 g/mol. The van der Waals surface area contributed by atoms with Crippen molar-refractivity contribution in [1.82, 2.24) is 4.98 Å². The second kappa shape index (κ2) is 3.64. The van der Waals surface area contributed by atoms with E-state index in [1.807, 2.05) is 6.07 Å². The minimum Gasteiger partial charge on any atom is -0.383 e. The van der Waals surface area contributed by atoms with Crippen molar-refractivity contribution in [3.63, 3.8) is 0 Å². The van der Waals surface area contributed by atoms with Gasteiger partial charge >= 0.3 is 0 Å². The molecule has 0 saturated carbocycles. The van der Waals surface area contributed by atoms with Crippen LogP contribution in [0.2, 0.25) is 0 Å². The minimum absolute atomic E-state index is 0.614. The Morgan fingerprint density at radius 1 is 1.64 bits per heavy atom. The molecule has 1 aromatic rings. The molecule has 0 radical (unpaired) electrons. The van der Waals surface area contributed by atoms with Crippen LogP contribution in [0.1, 0.15) is 11.8 Å². The maximum Gasteiger partial charge on any atom is 0.114 e. The first-order valence-electron chi connectivity index (χ1n) is 3.16. The van der Waals surface area contributed by atoms with Gasteiger partial charge in [-0.1, -0.05) is 6.08 Å². The second-order valence-corrected chi connectivity index (χ2v) is 3.00. The predicted molar refractivity (Wildman–Crippen MR) is 47.1 cm³/mol. The number of hydrogen-bond acceptors (Lipinski definition) is 2. The summed E-state index contributed by atoms with van der Waals surface area (Å²) >= 11 is 3.25. The van der Waals surface area contributed by atoms with Crippen LogP contribution in [0, 0.1) is 0 Å². The van der Waals surface area contributed by atoms with Gasteiger partial charge in [-0.25, -0.2) is 0 Å². The molecule has 0 amide bonds. The fourth-order valence-electron chi connectivity index (χ4n) is 0.683. The summed E-state index contributed by atoms with van der Waals surface area (Å²) in [6, 6.07) is 3.57. The maximum atomic E-state index is 9.22. The van der Waals surface area contributed by atoms with Gasteiger partial charge < -0.3 is 5.11 Å². The normalized spacial score (nSPS) is 12.5. The van der Waals surface area contributed by atoms with Gasteiger partial charge in [0.05, 0.1) is 5.69 Å². The Morgan fingerprint density at radius 2 is 2.36 bits per heavy atom. The molecule has 1 aromatic heterocycles. The van der Waals surface area contributed by atoms with Crippen LogP contribution < -0.4 is 0 Å². The first-order valence-corrected chi connectivity index (χ1v) is 3.95. The topological polar surface area (TPSA) is 33.1 Å². The van der Waals surface area contributed by atoms with Crippen LogP contribution >= 0.6 is 15.9 Å². The number of rotatable bonds is 2. The van der Waals surface area contributed by atoms with Crippen molar-refractivity contribution in [2.75, 3.05) is 0 Å². The van der Waals surface area contributed by atoms with Gasteiger partial charge in [0.25, 0.3) is 0 Å². The third-order valence-electron chi connectivity index (χ3n) is 1.28. The Hall–Kier alpha value is -0.670. The summed E-state index contributed by atoms with van der Waals surface area (Å²) in [7, 11) is 0. The molecule has 1 unspecified atom stereocenters. The highest BCUT2D eigenvalue weighted by atomic mass is 79.9. The molecule has 0 aliphatic heterocycles. The molecule has 1 rings (SSSR count). The number of aliphatic hydroxyl groups excluding tert-OH is 1. The van der Waals surface area contributed by atoms with Crippen molar-refractivity contribution in [3.8, 4) is 0 Å². The predicted octanol–water partition coefficient (Wildman–Crippen LogP) is 2.06. The quantitative estimate of drug-likeness (QED) is 0.764. The van der Waals surface area contributed by atoms with E-state index in [4.69, 9.17) is 0 Å².